The number of hydrogen-bond donors (Lipinski definition) is 1. The molecule has 1 aromatic carbocycles. The van der Waals surface area contributed by atoms with E-state index in [1.807, 2.05) is 0 Å². The molecule has 0 fully saturated rings. The number of carboxylic acids is 1. The first-order chi connectivity index (χ1) is 10.0. The molecule has 0 aromatic heterocycles. The largest absolute Gasteiger partial charge is 0.497 e. The van der Waals surface area contributed by atoms with Crippen molar-refractivity contribution >= 4 is 11.9 Å². The molecular weight excluding hydrogens is 274 g/mol. The SMILES string of the molecule is C=CCOc1cc(OC)ccc1C(=O)N(CC)CC(=O)O. The Morgan fingerprint density at radius 2 is 2.14 bits per heavy atom. The summed E-state index contributed by atoms with van der Waals surface area (Å²) in [5.74, 6) is -0.580. The van der Waals surface area contributed by atoms with Gasteiger partial charge in [-0.1, -0.05) is 12.7 Å². The number of carbonyl (C=O) groups excluding carboxylic acids is 1. The van der Waals surface area contributed by atoms with Gasteiger partial charge in [0.15, 0.2) is 0 Å². The molecule has 0 bridgehead atoms. The molecule has 1 rings (SSSR count). The van der Waals surface area contributed by atoms with Gasteiger partial charge in [0, 0.05) is 12.6 Å². The highest BCUT2D eigenvalue weighted by Crippen LogP contribution is 2.26. The number of aliphatic carboxylic acids is 1. The van der Waals surface area contributed by atoms with Gasteiger partial charge in [0.05, 0.1) is 12.7 Å². The van der Waals surface area contributed by atoms with E-state index in [4.69, 9.17) is 14.6 Å². The lowest BCUT2D eigenvalue weighted by molar-refractivity contribution is -0.137. The Kier molecular flexibility index (Phi) is 6.26. The summed E-state index contributed by atoms with van der Waals surface area (Å²) in [6.07, 6.45) is 1.56. The van der Waals surface area contributed by atoms with Gasteiger partial charge in [0.25, 0.3) is 5.91 Å². The summed E-state index contributed by atoms with van der Waals surface area (Å²) in [5.41, 5.74) is 0.292. The lowest BCUT2D eigenvalue weighted by atomic mass is 10.1. The van der Waals surface area contributed by atoms with Crippen LogP contribution in [0.5, 0.6) is 11.5 Å². The first-order valence-electron chi connectivity index (χ1n) is 6.46. The Balaban J connectivity index is 3.10. The third kappa shape index (κ3) is 4.52. The minimum atomic E-state index is -1.06. The number of methoxy groups -OCH3 is 1. The average molecular weight is 293 g/mol. The van der Waals surface area contributed by atoms with E-state index in [2.05, 4.69) is 6.58 Å². The van der Waals surface area contributed by atoms with E-state index in [0.717, 1.165) is 0 Å². The highest BCUT2D eigenvalue weighted by atomic mass is 16.5. The first kappa shape index (κ1) is 16.6. The third-order valence-corrected chi connectivity index (χ3v) is 2.77. The Labute approximate surface area is 123 Å². The van der Waals surface area contributed by atoms with Gasteiger partial charge in [0.2, 0.25) is 0 Å². The van der Waals surface area contributed by atoms with Gasteiger partial charge in [-0.25, -0.2) is 0 Å². The third-order valence-electron chi connectivity index (χ3n) is 2.77. The molecule has 114 valence electrons. The molecule has 6 heteroatoms. The molecule has 0 spiro atoms. The standard InChI is InChI=1S/C15H19NO5/c1-4-8-21-13-9-11(20-3)6-7-12(13)15(19)16(5-2)10-14(17)18/h4,6-7,9H,1,5,8,10H2,2-3H3,(H,17,18). The lowest BCUT2D eigenvalue weighted by Crippen LogP contribution is -2.35. The van der Waals surface area contributed by atoms with Crippen LogP contribution < -0.4 is 9.47 Å². The second-order valence-corrected chi connectivity index (χ2v) is 4.17. The summed E-state index contributed by atoms with van der Waals surface area (Å²) in [4.78, 5) is 24.4. The topological polar surface area (TPSA) is 76.1 Å². The summed E-state index contributed by atoms with van der Waals surface area (Å²) in [5, 5.41) is 8.85. The van der Waals surface area contributed by atoms with Crippen molar-refractivity contribution in [3.05, 3.63) is 36.4 Å². The zero-order valence-electron chi connectivity index (χ0n) is 12.2. The summed E-state index contributed by atoms with van der Waals surface area (Å²) < 4.78 is 10.6. The van der Waals surface area contributed by atoms with Crippen molar-refractivity contribution in [3.8, 4) is 11.5 Å². The van der Waals surface area contributed by atoms with E-state index in [1.165, 1.54) is 12.0 Å². The maximum absolute atomic E-state index is 12.4. The van der Waals surface area contributed by atoms with E-state index >= 15 is 0 Å². The van der Waals surface area contributed by atoms with Crippen LogP contribution in [-0.2, 0) is 4.79 Å². The summed E-state index contributed by atoms with van der Waals surface area (Å²) in [6, 6.07) is 4.78. The van der Waals surface area contributed by atoms with E-state index in [9.17, 15) is 9.59 Å². The van der Waals surface area contributed by atoms with Gasteiger partial charge in [0.1, 0.15) is 24.7 Å². The van der Waals surface area contributed by atoms with Crippen LogP contribution in [0.3, 0.4) is 0 Å². The first-order valence-corrected chi connectivity index (χ1v) is 6.46. The maximum Gasteiger partial charge on any atom is 0.323 e. The van der Waals surface area contributed by atoms with Crippen LogP contribution in [0.1, 0.15) is 17.3 Å². The molecule has 0 saturated heterocycles. The highest BCUT2D eigenvalue weighted by Gasteiger charge is 2.21. The fourth-order valence-electron chi connectivity index (χ4n) is 1.74. The monoisotopic (exact) mass is 293 g/mol. The molecule has 1 aromatic rings. The van der Waals surface area contributed by atoms with Crippen molar-refractivity contribution in [1.29, 1.82) is 0 Å². The number of carbonyl (C=O) groups is 2. The van der Waals surface area contributed by atoms with Gasteiger partial charge < -0.3 is 19.5 Å². The van der Waals surface area contributed by atoms with Crippen molar-refractivity contribution in [2.45, 2.75) is 6.92 Å². The molecule has 0 heterocycles. The molecular formula is C15H19NO5. The smallest absolute Gasteiger partial charge is 0.323 e. The lowest BCUT2D eigenvalue weighted by Gasteiger charge is -2.20. The number of ether oxygens (including phenoxy) is 2. The van der Waals surface area contributed by atoms with E-state index in [-0.39, 0.29) is 19.7 Å². The minimum Gasteiger partial charge on any atom is -0.497 e. The number of benzene rings is 1. The predicted octanol–water partition coefficient (Wildman–Crippen LogP) is 1.81. The molecule has 1 N–H and O–H groups in total. The van der Waals surface area contributed by atoms with Crippen LogP contribution >= 0.6 is 0 Å². The number of likely N-dealkylation sites (N-methyl/N-ethyl adjacent to an activating group) is 1. The fraction of sp³-hybridized carbons (Fsp3) is 0.333. The number of rotatable bonds is 8. The van der Waals surface area contributed by atoms with Crippen LogP contribution in [-0.4, -0.2) is 48.7 Å². The summed E-state index contributed by atoms with van der Waals surface area (Å²) >= 11 is 0. The molecule has 6 nitrogen and oxygen atoms in total. The molecule has 0 radical (unpaired) electrons. The average Bonchev–Trinajstić information content (AvgIpc) is 2.49. The van der Waals surface area contributed by atoms with Crippen molar-refractivity contribution in [2.24, 2.45) is 0 Å². The Morgan fingerprint density at radius 1 is 1.43 bits per heavy atom. The second-order valence-electron chi connectivity index (χ2n) is 4.17. The van der Waals surface area contributed by atoms with Crippen LogP contribution in [0.25, 0.3) is 0 Å². The number of hydrogen-bond acceptors (Lipinski definition) is 4. The van der Waals surface area contributed by atoms with E-state index in [0.29, 0.717) is 17.1 Å². The Bertz CT molecular complexity index is 527. The minimum absolute atomic E-state index is 0.235. The van der Waals surface area contributed by atoms with Crippen LogP contribution in [0.4, 0.5) is 0 Å². The quantitative estimate of drug-likeness (QED) is 0.740. The Hall–Kier alpha value is -2.50. The zero-order chi connectivity index (χ0) is 15.8. The fourth-order valence-corrected chi connectivity index (χ4v) is 1.74. The van der Waals surface area contributed by atoms with Crippen molar-refractivity contribution < 1.29 is 24.2 Å². The molecule has 0 unspecified atom stereocenters. The van der Waals surface area contributed by atoms with Crippen molar-refractivity contribution in [1.82, 2.24) is 4.90 Å². The van der Waals surface area contributed by atoms with Crippen LogP contribution in [0, 0.1) is 0 Å². The zero-order valence-corrected chi connectivity index (χ0v) is 12.2. The molecule has 0 saturated carbocycles. The van der Waals surface area contributed by atoms with E-state index in [1.54, 1.807) is 31.2 Å². The Morgan fingerprint density at radius 3 is 2.67 bits per heavy atom. The van der Waals surface area contributed by atoms with Gasteiger partial charge in [-0.15, -0.1) is 0 Å². The number of amides is 1. The molecule has 0 aliphatic rings. The summed E-state index contributed by atoms with van der Waals surface area (Å²) in [6.45, 7) is 5.44. The molecule has 0 atom stereocenters. The second kappa shape index (κ2) is 7.94. The van der Waals surface area contributed by atoms with E-state index < -0.39 is 11.9 Å². The summed E-state index contributed by atoms with van der Waals surface area (Å²) in [7, 11) is 1.51. The number of carboxylic acid groups (broad SMARTS) is 1. The van der Waals surface area contributed by atoms with Crippen LogP contribution in [0.15, 0.2) is 30.9 Å². The van der Waals surface area contributed by atoms with Crippen LogP contribution in [0.2, 0.25) is 0 Å². The van der Waals surface area contributed by atoms with Gasteiger partial charge in [-0.3, -0.25) is 9.59 Å². The van der Waals surface area contributed by atoms with Gasteiger partial charge >= 0.3 is 5.97 Å². The maximum atomic E-state index is 12.4. The molecule has 0 aliphatic heterocycles. The predicted molar refractivity (Wildman–Crippen MR) is 77.9 cm³/mol. The molecule has 21 heavy (non-hydrogen) atoms. The highest BCUT2D eigenvalue weighted by molar-refractivity contribution is 5.98. The van der Waals surface area contributed by atoms with Crippen molar-refractivity contribution in [3.63, 3.8) is 0 Å². The molecule has 0 aliphatic carbocycles. The van der Waals surface area contributed by atoms with Gasteiger partial charge in [-0.2, -0.15) is 0 Å². The van der Waals surface area contributed by atoms with Gasteiger partial charge in [-0.05, 0) is 19.1 Å². The normalized spacial score (nSPS) is 9.81. The molecule has 1 amide bonds. The van der Waals surface area contributed by atoms with Crippen molar-refractivity contribution in [2.75, 3.05) is 26.8 Å². The number of nitrogens with zero attached hydrogens (tertiary/aromatic N) is 1.